The summed E-state index contributed by atoms with van der Waals surface area (Å²) >= 11 is 13.1. The first-order valence-electron chi connectivity index (χ1n) is 4.61. The van der Waals surface area contributed by atoms with Crippen molar-refractivity contribution in [3.05, 3.63) is 16.1 Å². The number of fused-ring (bicyclic) bond motifs is 1. The van der Waals surface area contributed by atoms with E-state index < -0.39 is 0 Å². The summed E-state index contributed by atoms with van der Waals surface area (Å²) < 4.78 is 13.2. The van der Waals surface area contributed by atoms with Crippen LogP contribution in [-0.2, 0) is 11.4 Å². The van der Waals surface area contributed by atoms with Gasteiger partial charge in [-0.05, 0) is 6.07 Å². The van der Waals surface area contributed by atoms with E-state index in [0.29, 0.717) is 27.1 Å². The molecular formula is C8H4Cl2N6OS. The molecule has 1 aromatic heterocycles. The lowest BCUT2D eigenvalue weighted by Crippen LogP contribution is -1.92. The van der Waals surface area contributed by atoms with Crippen LogP contribution in [0.2, 0.25) is 10.0 Å². The van der Waals surface area contributed by atoms with Crippen molar-refractivity contribution in [3.63, 3.8) is 0 Å². The summed E-state index contributed by atoms with van der Waals surface area (Å²) in [5.41, 5.74) is 6.91. The highest BCUT2D eigenvalue weighted by atomic mass is 35.5. The fourth-order valence-electron chi connectivity index (χ4n) is 1.39. The van der Waals surface area contributed by atoms with Crippen molar-refractivity contribution >= 4 is 63.6 Å². The van der Waals surface area contributed by atoms with Gasteiger partial charge in [0.1, 0.15) is 11.4 Å². The number of hydrogen-bond acceptors (Lipinski definition) is 7. The molecule has 0 atom stereocenters. The van der Waals surface area contributed by atoms with Crippen LogP contribution in [0.5, 0.6) is 0 Å². The Morgan fingerprint density at radius 3 is 2.67 bits per heavy atom. The van der Waals surface area contributed by atoms with Crippen LogP contribution < -0.4 is 11.1 Å². The van der Waals surface area contributed by atoms with E-state index in [2.05, 4.69) is 24.2 Å². The fraction of sp³-hybridized carbons (Fsp3) is 0. The molecule has 18 heavy (non-hydrogen) atoms. The molecule has 0 fully saturated rings. The van der Waals surface area contributed by atoms with Crippen LogP contribution in [0, 0.1) is 0 Å². The molecule has 2 aromatic rings. The van der Waals surface area contributed by atoms with Gasteiger partial charge in [0.05, 0.1) is 27.1 Å². The molecule has 0 amide bonds. The van der Waals surface area contributed by atoms with Crippen molar-refractivity contribution in [3.8, 4) is 0 Å². The molecule has 0 unspecified atom stereocenters. The molecule has 3 N–H and O–H groups in total. The molecule has 0 spiro atoms. The number of aromatic nitrogens is 2. The third kappa shape index (κ3) is 1.84. The lowest BCUT2D eigenvalue weighted by atomic mass is 10.2. The summed E-state index contributed by atoms with van der Waals surface area (Å²) in [6.45, 7) is 0. The molecular weight excluding hydrogens is 299 g/mol. The van der Waals surface area contributed by atoms with Gasteiger partial charge in [-0.1, -0.05) is 33.4 Å². The van der Waals surface area contributed by atoms with Crippen LogP contribution in [0.3, 0.4) is 0 Å². The van der Waals surface area contributed by atoms with Gasteiger partial charge in [0, 0.05) is 0 Å². The van der Waals surface area contributed by atoms with Crippen LogP contribution in [0.15, 0.2) is 19.2 Å². The SMILES string of the molecule is Nc1nnc(Nc2c(Cl)cc(Cl)c3c2N=S=N3)o1. The summed E-state index contributed by atoms with van der Waals surface area (Å²) in [7, 11) is 0. The molecule has 0 saturated heterocycles. The van der Waals surface area contributed by atoms with E-state index >= 15 is 0 Å². The zero-order chi connectivity index (χ0) is 12.7. The maximum absolute atomic E-state index is 6.09. The van der Waals surface area contributed by atoms with Gasteiger partial charge in [-0.3, -0.25) is 0 Å². The second-order valence-corrected chi connectivity index (χ2v) is 4.59. The third-order valence-corrected chi connectivity index (χ3v) is 3.23. The van der Waals surface area contributed by atoms with Gasteiger partial charge in [0.25, 0.3) is 0 Å². The van der Waals surface area contributed by atoms with Gasteiger partial charge in [0.2, 0.25) is 0 Å². The second kappa shape index (κ2) is 4.23. The van der Waals surface area contributed by atoms with E-state index in [0.717, 1.165) is 11.4 Å². The van der Waals surface area contributed by atoms with E-state index in [-0.39, 0.29) is 12.0 Å². The van der Waals surface area contributed by atoms with Crippen LogP contribution in [0.4, 0.5) is 29.1 Å². The van der Waals surface area contributed by atoms with Crippen molar-refractivity contribution in [2.75, 3.05) is 11.1 Å². The number of nitrogens with two attached hydrogens (primary N) is 1. The van der Waals surface area contributed by atoms with Crippen molar-refractivity contribution in [2.24, 2.45) is 8.73 Å². The lowest BCUT2D eigenvalue weighted by molar-refractivity contribution is 0.593. The number of benzene rings is 1. The number of halogens is 2. The second-order valence-electron chi connectivity index (χ2n) is 3.25. The largest absolute Gasteiger partial charge is 0.389 e. The molecule has 10 heteroatoms. The van der Waals surface area contributed by atoms with Crippen molar-refractivity contribution < 1.29 is 4.42 Å². The molecule has 0 aliphatic carbocycles. The molecule has 92 valence electrons. The number of rotatable bonds is 2. The predicted octanol–water partition coefficient (Wildman–Crippen LogP) is 3.43. The Hall–Kier alpha value is -1.64. The summed E-state index contributed by atoms with van der Waals surface area (Å²) in [6.07, 6.45) is 0. The maximum Gasteiger partial charge on any atom is 0.321 e. The van der Waals surface area contributed by atoms with Gasteiger partial charge in [0.15, 0.2) is 0 Å². The van der Waals surface area contributed by atoms with Gasteiger partial charge >= 0.3 is 12.0 Å². The first-order chi connectivity index (χ1) is 8.65. The molecule has 1 aliphatic rings. The Morgan fingerprint density at radius 1 is 1.17 bits per heavy atom. The van der Waals surface area contributed by atoms with Crippen LogP contribution in [0.25, 0.3) is 0 Å². The normalized spacial score (nSPS) is 12.3. The summed E-state index contributed by atoms with van der Waals surface area (Å²) in [5.74, 6) is 0. The van der Waals surface area contributed by atoms with E-state index in [4.69, 9.17) is 33.4 Å². The summed E-state index contributed by atoms with van der Waals surface area (Å²) in [4.78, 5) is 0. The van der Waals surface area contributed by atoms with Gasteiger partial charge in [-0.2, -0.15) is 8.73 Å². The average molecular weight is 303 g/mol. The quantitative estimate of drug-likeness (QED) is 0.755. The van der Waals surface area contributed by atoms with Crippen LogP contribution >= 0.6 is 23.2 Å². The number of hydrogen-bond donors (Lipinski definition) is 2. The highest BCUT2D eigenvalue weighted by molar-refractivity contribution is 7.58. The standard InChI is InChI=1S/C8H4Cl2N6OS/c9-2-1-3(10)5-6(16-18-15-5)4(2)12-8-14-13-7(11)17-8/h1H,(H2,11,13)(H,12,14). The highest BCUT2D eigenvalue weighted by Crippen LogP contribution is 2.48. The maximum atomic E-state index is 6.09. The first kappa shape index (κ1) is 11.5. The highest BCUT2D eigenvalue weighted by Gasteiger charge is 2.20. The topological polar surface area (TPSA) is 102 Å². The van der Waals surface area contributed by atoms with Gasteiger partial charge in [-0.15, -0.1) is 0 Å². The third-order valence-electron chi connectivity index (χ3n) is 2.12. The monoisotopic (exact) mass is 302 g/mol. The zero-order valence-electron chi connectivity index (χ0n) is 8.52. The number of anilines is 3. The number of nitrogens with zero attached hydrogens (tertiary/aromatic N) is 4. The Bertz CT molecular complexity index is 708. The number of nitrogens with one attached hydrogen (secondary N) is 1. The van der Waals surface area contributed by atoms with Gasteiger partial charge in [-0.25, -0.2) is 0 Å². The Morgan fingerprint density at radius 2 is 1.94 bits per heavy atom. The fourth-order valence-corrected chi connectivity index (χ4v) is 2.54. The van der Waals surface area contributed by atoms with Crippen molar-refractivity contribution in [2.45, 2.75) is 0 Å². The van der Waals surface area contributed by atoms with E-state index in [1.807, 2.05) is 0 Å². The summed E-state index contributed by atoms with van der Waals surface area (Å²) in [6, 6.07) is 1.63. The zero-order valence-corrected chi connectivity index (χ0v) is 10.8. The van der Waals surface area contributed by atoms with E-state index in [9.17, 15) is 0 Å². The Labute approximate surface area is 114 Å². The molecule has 7 nitrogen and oxygen atoms in total. The van der Waals surface area contributed by atoms with E-state index in [1.165, 1.54) is 0 Å². The summed E-state index contributed by atoms with van der Waals surface area (Å²) in [5, 5.41) is 10.8. The Balaban J connectivity index is 2.08. The lowest BCUT2D eigenvalue weighted by Gasteiger charge is -2.08. The molecule has 3 rings (SSSR count). The smallest absolute Gasteiger partial charge is 0.321 e. The first-order valence-corrected chi connectivity index (χ1v) is 6.10. The molecule has 0 bridgehead atoms. The van der Waals surface area contributed by atoms with Crippen LogP contribution in [0.1, 0.15) is 0 Å². The molecule has 0 radical (unpaired) electrons. The minimum Gasteiger partial charge on any atom is -0.389 e. The predicted molar refractivity (Wildman–Crippen MR) is 70.0 cm³/mol. The minimum atomic E-state index is -0.0461. The van der Waals surface area contributed by atoms with Crippen LogP contribution in [-0.4, -0.2) is 10.2 Å². The van der Waals surface area contributed by atoms with Crippen molar-refractivity contribution in [1.82, 2.24) is 10.2 Å². The van der Waals surface area contributed by atoms with Gasteiger partial charge < -0.3 is 15.5 Å². The molecule has 0 saturated carbocycles. The van der Waals surface area contributed by atoms with E-state index in [1.54, 1.807) is 6.07 Å². The number of nitrogen functional groups attached to an aromatic ring is 1. The average Bonchev–Trinajstić information content (AvgIpc) is 2.93. The molecule has 1 aliphatic heterocycles. The Kier molecular flexibility index (Phi) is 2.69. The molecule has 2 heterocycles. The minimum absolute atomic E-state index is 0.0461. The van der Waals surface area contributed by atoms with Crippen molar-refractivity contribution in [1.29, 1.82) is 0 Å². The molecule has 1 aromatic carbocycles.